The van der Waals surface area contributed by atoms with E-state index in [-0.39, 0.29) is 12.0 Å². The molecule has 0 saturated heterocycles. The van der Waals surface area contributed by atoms with E-state index in [2.05, 4.69) is 0 Å². The van der Waals surface area contributed by atoms with Crippen molar-refractivity contribution < 1.29 is 14.2 Å². The molecule has 2 aromatic carbocycles. The van der Waals surface area contributed by atoms with Crippen LogP contribution in [0.4, 0.5) is 0 Å². The minimum atomic E-state index is -0.151. The van der Waals surface area contributed by atoms with E-state index in [1.807, 2.05) is 20.8 Å². The second-order valence-electron chi connectivity index (χ2n) is 5.35. The van der Waals surface area contributed by atoms with Crippen LogP contribution < -0.4 is 19.6 Å². The Balaban J connectivity index is 2.46. The van der Waals surface area contributed by atoms with Crippen molar-refractivity contribution in [2.75, 3.05) is 14.2 Å². The number of ether oxygens (including phenoxy) is 3. The van der Waals surface area contributed by atoms with E-state index < -0.39 is 0 Å². The maximum Gasteiger partial charge on any atom is 0.220 e. The number of benzene rings is 1. The normalized spacial score (nSPS) is 10.3. The van der Waals surface area contributed by atoms with Crippen molar-refractivity contribution in [1.29, 1.82) is 0 Å². The summed E-state index contributed by atoms with van der Waals surface area (Å²) in [4.78, 5) is 11.9. The van der Waals surface area contributed by atoms with E-state index in [0.717, 1.165) is 33.8 Å². The number of hydrogen-bond acceptors (Lipinski definition) is 4. The van der Waals surface area contributed by atoms with Gasteiger partial charge in [0.1, 0.15) is 18.1 Å². The molecule has 0 radical (unpaired) electrons. The van der Waals surface area contributed by atoms with Crippen LogP contribution in [0.2, 0.25) is 0 Å². The van der Waals surface area contributed by atoms with Gasteiger partial charge < -0.3 is 14.2 Å². The summed E-state index contributed by atoms with van der Waals surface area (Å²) < 4.78 is 16.8. The molecule has 0 unspecified atom stereocenters. The van der Waals surface area contributed by atoms with Crippen LogP contribution >= 0.6 is 0 Å². The average Bonchev–Trinajstić information content (AvgIpc) is 2.74. The van der Waals surface area contributed by atoms with Crippen molar-refractivity contribution >= 4 is 0 Å². The fourth-order valence-electron chi connectivity index (χ4n) is 2.70. The second kappa shape index (κ2) is 7.18. The topological polar surface area (TPSA) is 44.8 Å². The molecule has 0 fully saturated rings. The van der Waals surface area contributed by atoms with Gasteiger partial charge in [-0.05, 0) is 44.0 Å². The Morgan fingerprint density at radius 3 is 2.09 bits per heavy atom. The van der Waals surface area contributed by atoms with Crippen LogP contribution in [0.5, 0.6) is 17.2 Å². The monoisotopic (exact) mass is 314 g/mol. The summed E-state index contributed by atoms with van der Waals surface area (Å²) >= 11 is 0. The quantitative estimate of drug-likeness (QED) is 0.846. The van der Waals surface area contributed by atoms with Crippen LogP contribution in [-0.4, -0.2) is 14.2 Å². The standard InChI is InChI=1S/C19H22O4/c1-12-13(2)19(22-5)15(14(3)18(12)21-4)11-23-17-10-8-6-7-9-16(17)20/h6-10H,11H2,1-5H3. The molecule has 23 heavy (non-hydrogen) atoms. The lowest BCUT2D eigenvalue weighted by Gasteiger charge is -2.20. The van der Waals surface area contributed by atoms with Crippen LogP contribution in [0.25, 0.3) is 0 Å². The van der Waals surface area contributed by atoms with Gasteiger partial charge in [0.25, 0.3) is 0 Å². The van der Waals surface area contributed by atoms with Gasteiger partial charge in [0.15, 0.2) is 5.75 Å². The molecule has 0 amide bonds. The third kappa shape index (κ3) is 3.31. The van der Waals surface area contributed by atoms with Gasteiger partial charge in [-0.2, -0.15) is 0 Å². The van der Waals surface area contributed by atoms with Crippen LogP contribution in [0.1, 0.15) is 22.3 Å². The van der Waals surface area contributed by atoms with Crippen molar-refractivity contribution in [1.82, 2.24) is 0 Å². The largest absolute Gasteiger partial charge is 0.496 e. The molecule has 0 heterocycles. The van der Waals surface area contributed by atoms with Crippen molar-refractivity contribution in [2.45, 2.75) is 27.4 Å². The predicted molar refractivity (Wildman–Crippen MR) is 90.8 cm³/mol. The van der Waals surface area contributed by atoms with Crippen LogP contribution in [0.15, 0.2) is 35.1 Å². The number of methoxy groups -OCH3 is 2. The first-order valence-corrected chi connectivity index (χ1v) is 7.44. The van der Waals surface area contributed by atoms with Crippen LogP contribution in [-0.2, 0) is 6.61 Å². The van der Waals surface area contributed by atoms with Crippen molar-refractivity contribution in [3.8, 4) is 17.2 Å². The Labute approximate surface area is 136 Å². The maximum absolute atomic E-state index is 11.9. The van der Waals surface area contributed by atoms with E-state index >= 15 is 0 Å². The van der Waals surface area contributed by atoms with Gasteiger partial charge in [0.2, 0.25) is 5.43 Å². The molecule has 0 aliphatic carbocycles. The first-order valence-electron chi connectivity index (χ1n) is 7.44. The molecule has 122 valence electrons. The van der Waals surface area contributed by atoms with Crippen molar-refractivity contribution in [3.63, 3.8) is 0 Å². The minimum absolute atomic E-state index is 0.151. The lowest BCUT2D eigenvalue weighted by atomic mass is 9.97. The van der Waals surface area contributed by atoms with E-state index in [0.29, 0.717) is 5.75 Å². The Morgan fingerprint density at radius 1 is 0.826 bits per heavy atom. The summed E-state index contributed by atoms with van der Waals surface area (Å²) in [7, 11) is 3.29. The highest BCUT2D eigenvalue weighted by molar-refractivity contribution is 5.57. The molecule has 4 heteroatoms. The summed E-state index contributed by atoms with van der Waals surface area (Å²) in [5.74, 6) is 1.91. The molecule has 4 nitrogen and oxygen atoms in total. The lowest BCUT2D eigenvalue weighted by molar-refractivity contribution is 0.291. The minimum Gasteiger partial charge on any atom is -0.496 e. The molecule has 0 atom stereocenters. The number of rotatable bonds is 5. The third-order valence-electron chi connectivity index (χ3n) is 4.05. The van der Waals surface area contributed by atoms with Gasteiger partial charge in [-0.15, -0.1) is 0 Å². The van der Waals surface area contributed by atoms with Gasteiger partial charge in [0, 0.05) is 11.1 Å². The zero-order chi connectivity index (χ0) is 17.0. The highest BCUT2D eigenvalue weighted by Gasteiger charge is 2.19. The summed E-state index contributed by atoms with van der Waals surface area (Å²) in [5.41, 5.74) is 3.75. The summed E-state index contributed by atoms with van der Waals surface area (Å²) in [6.07, 6.45) is 0. The van der Waals surface area contributed by atoms with E-state index in [9.17, 15) is 4.79 Å². The Bertz CT molecular complexity index is 766. The Morgan fingerprint density at radius 2 is 1.43 bits per heavy atom. The molecular weight excluding hydrogens is 292 g/mol. The molecule has 2 rings (SSSR count). The molecule has 0 bridgehead atoms. The van der Waals surface area contributed by atoms with Crippen LogP contribution in [0, 0.1) is 20.8 Å². The van der Waals surface area contributed by atoms with Gasteiger partial charge in [0.05, 0.1) is 14.2 Å². The molecule has 0 spiro atoms. The van der Waals surface area contributed by atoms with E-state index in [4.69, 9.17) is 14.2 Å². The fourth-order valence-corrected chi connectivity index (χ4v) is 2.70. The zero-order valence-corrected chi connectivity index (χ0v) is 14.2. The molecular formula is C19H22O4. The Hall–Kier alpha value is -2.49. The highest BCUT2D eigenvalue weighted by Crippen LogP contribution is 2.37. The third-order valence-corrected chi connectivity index (χ3v) is 4.05. The molecule has 0 aliphatic rings. The lowest BCUT2D eigenvalue weighted by Crippen LogP contribution is -2.09. The van der Waals surface area contributed by atoms with Crippen molar-refractivity contribution in [2.24, 2.45) is 0 Å². The van der Waals surface area contributed by atoms with Gasteiger partial charge in [-0.3, -0.25) is 4.79 Å². The number of hydrogen-bond donors (Lipinski definition) is 0. The summed E-state index contributed by atoms with van der Waals surface area (Å²) in [5, 5.41) is 0. The smallest absolute Gasteiger partial charge is 0.220 e. The highest BCUT2D eigenvalue weighted by atomic mass is 16.5. The first kappa shape index (κ1) is 16.9. The summed E-state index contributed by atoms with van der Waals surface area (Å²) in [6, 6.07) is 8.42. The summed E-state index contributed by atoms with van der Waals surface area (Å²) in [6.45, 7) is 6.20. The molecule has 0 N–H and O–H groups in total. The SMILES string of the molecule is COc1c(C)c(C)c(OC)c(COc2cccccc2=O)c1C. The predicted octanol–water partition coefficient (Wildman–Crippen LogP) is 3.57. The Kier molecular flexibility index (Phi) is 5.27. The molecule has 2 aromatic rings. The van der Waals surface area contributed by atoms with Crippen LogP contribution in [0.3, 0.4) is 0 Å². The van der Waals surface area contributed by atoms with Gasteiger partial charge in [-0.1, -0.05) is 18.2 Å². The van der Waals surface area contributed by atoms with E-state index in [1.54, 1.807) is 38.5 Å². The fraction of sp³-hybridized carbons (Fsp3) is 0.316. The first-order chi connectivity index (χ1) is 11.0. The molecule has 0 aromatic heterocycles. The molecule has 0 saturated carbocycles. The van der Waals surface area contributed by atoms with Gasteiger partial charge in [-0.25, -0.2) is 0 Å². The van der Waals surface area contributed by atoms with Gasteiger partial charge >= 0.3 is 0 Å². The average molecular weight is 314 g/mol. The van der Waals surface area contributed by atoms with Crippen molar-refractivity contribution in [3.05, 3.63) is 62.8 Å². The maximum atomic E-state index is 11.9. The second-order valence-corrected chi connectivity index (χ2v) is 5.35. The molecule has 0 aliphatic heterocycles. The van der Waals surface area contributed by atoms with E-state index in [1.165, 1.54) is 6.07 Å². The zero-order valence-electron chi connectivity index (χ0n) is 14.2.